The van der Waals surface area contributed by atoms with Gasteiger partial charge in [-0.3, -0.25) is 9.69 Å². The number of rotatable bonds is 3. The fourth-order valence-electron chi connectivity index (χ4n) is 1.66. The predicted molar refractivity (Wildman–Crippen MR) is 63.4 cm³/mol. The largest absolute Gasteiger partial charge is 0.465 e. The highest BCUT2D eigenvalue weighted by Crippen LogP contribution is 2.39. The van der Waals surface area contributed by atoms with Crippen LogP contribution < -0.4 is 5.32 Å². The van der Waals surface area contributed by atoms with E-state index in [1.165, 1.54) is 16.7 Å². The Balaban J connectivity index is 2.82. The van der Waals surface area contributed by atoms with Crippen LogP contribution in [0.1, 0.15) is 13.8 Å². The fraction of sp³-hybridized carbons (Fsp3) is 0.600. The normalized spacial score (nSPS) is 22.9. The zero-order valence-electron chi connectivity index (χ0n) is 9.40. The molecule has 1 saturated heterocycles. The average Bonchev–Trinajstić information content (AvgIpc) is 2.50. The molecule has 0 spiro atoms. The molecule has 0 aliphatic carbocycles. The van der Waals surface area contributed by atoms with Crippen LogP contribution in [0.5, 0.6) is 0 Å². The number of nitrogens with one attached hydrogen (secondary N) is 1. The molecule has 90 valence electrons. The second kappa shape index (κ2) is 4.78. The van der Waals surface area contributed by atoms with Crippen LogP contribution in [0, 0.1) is 0 Å². The van der Waals surface area contributed by atoms with Crippen molar-refractivity contribution in [2.24, 2.45) is 0 Å². The summed E-state index contributed by atoms with van der Waals surface area (Å²) >= 11 is 1.46. The van der Waals surface area contributed by atoms with Gasteiger partial charge in [-0.2, -0.15) is 0 Å². The summed E-state index contributed by atoms with van der Waals surface area (Å²) in [5.74, 6) is 0.0615. The molecule has 0 saturated carbocycles. The zero-order chi connectivity index (χ0) is 12.3. The summed E-state index contributed by atoms with van der Waals surface area (Å²) in [5, 5.41) is 11.6. The highest BCUT2D eigenvalue weighted by atomic mass is 32.2. The summed E-state index contributed by atoms with van der Waals surface area (Å²) in [4.78, 5) is 24.0. The lowest BCUT2D eigenvalue weighted by molar-refractivity contribution is -0.125. The van der Waals surface area contributed by atoms with Crippen LogP contribution in [-0.4, -0.2) is 45.2 Å². The number of hydrogen-bond donors (Lipinski definition) is 2. The van der Waals surface area contributed by atoms with Crippen molar-refractivity contribution in [1.82, 2.24) is 10.2 Å². The lowest BCUT2D eigenvalue weighted by Gasteiger charge is -2.28. The monoisotopic (exact) mass is 244 g/mol. The number of thioether (sulfide) groups is 1. The molecule has 0 radical (unpaired) electrons. The van der Waals surface area contributed by atoms with E-state index in [0.29, 0.717) is 12.4 Å². The van der Waals surface area contributed by atoms with E-state index < -0.39 is 16.9 Å². The molecule has 1 aliphatic rings. The van der Waals surface area contributed by atoms with E-state index in [0.717, 1.165) is 0 Å². The van der Waals surface area contributed by atoms with Crippen LogP contribution >= 0.6 is 11.8 Å². The number of carboxylic acid groups (broad SMARTS) is 1. The van der Waals surface area contributed by atoms with E-state index in [9.17, 15) is 9.59 Å². The van der Waals surface area contributed by atoms with Crippen LogP contribution in [-0.2, 0) is 4.79 Å². The van der Waals surface area contributed by atoms with Crippen LogP contribution in [0.2, 0.25) is 0 Å². The average molecular weight is 244 g/mol. The number of hydrogen-bond acceptors (Lipinski definition) is 3. The Hall–Kier alpha value is -1.17. The molecule has 0 aromatic rings. The smallest absolute Gasteiger partial charge is 0.408 e. The van der Waals surface area contributed by atoms with Crippen molar-refractivity contribution >= 4 is 23.8 Å². The van der Waals surface area contributed by atoms with Crippen molar-refractivity contribution in [3.63, 3.8) is 0 Å². The molecule has 2 amide bonds. The molecule has 0 aromatic heterocycles. The van der Waals surface area contributed by atoms with E-state index in [4.69, 9.17) is 5.11 Å². The molecule has 0 bridgehead atoms. The summed E-state index contributed by atoms with van der Waals surface area (Å²) < 4.78 is -0.399. The lowest BCUT2D eigenvalue weighted by atomic mass is 10.0. The Labute approximate surface area is 98.9 Å². The number of nitrogens with zero attached hydrogens (tertiary/aromatic N) is 1. The highest BCUT2D eigenvalue weighted by molar-refractivity contribution is 8.00. The van der Waals surface area contributed by atoms with Gasteiger partial charge in [0, 0.05) is 11.3 Å². The number of amides is 2. The van der Waals surface area contributed by atoms with E-state index in [1.807, 2.05) is 13.8 Å². The van der Waals surface area contributed by atoms with Gasteiger partial charge in [0.25, 0.3) is 0 Å². The Morgan fingerprint density at radius 3 is 2.81 bits per heavy atom. The van der Waals surface area contributed by atoms with E-state index in [2.05, 4.69) is 11.9 Å². The minimum atomic E-state index is -1.06. The minimum absolute atomic E-state index is 0.266. The zero-order valence-corrected chi connectivity index (χ0v) is 10.2. The summed E-state index contributed by atoms with van der Waals surface area (Å²) in [7, 11) is 0. The van der Waals surface area contributed by atoms with E-state index in [-0.39, 0.29) is 5.91 Å². The Morgan fingerprint density at radius 1 is 1.69 bits per heavy atom. The lowest BCUT2D eigenvalue weighted by Crippen LogP contribution is -2.52. The predicted octanol–water partition coefficient (Wildman–Crippen LogP) is 1.12. The molecule has 2 N–H and O–H groups in total. The molecular formula is C10H16N2O3S. The van der Waals surface area contributed by atoms with Gasteiger partial charge in [-0.1, -0.05) is 6.08 Å². The van der Waals surface area contributed by atoms with Crippen molar-refractivity contribution in [3.05, 3.63) is 12.7 Å². The van der Waals surface area contributed by atoms with Crippen LogP contribution in [0.4, 0.5) is 4.79 Å². The first-order valence-corrected chi connectivity index (χ1v) is 5.91. The SMILES string of the molecule is C=CCNC(=O)[C@H]1N(C(=O)O)CSC1(C)C. The maximum Gasteiger partial charge on any atom is 0.408 e. The van der Waals surface area contributed by atoms with Crippen LogP contribution in [0.3, 0.4) is 0 Å². The molecule has 16 heavy (non-hydrogen) atoms. The Morgan fingerprint density at radius 2 is 2.31 bits per heavy atom. The van der Waals surface area contributed by atoms with Crippen molar-refractivity contribution < 1.29 is 14.7 Å². The molecule has 0 aromatic carbocycles. The van der Waals surface area contributed by atoms with Crippen molar-refractivity contribution in [3.8, 4) is 0 Å². The molecule has 1 heterocycles. The molecule has 0 unspecified atom stereocenters. The van der Waals surface area contributed by atoms with Gasteiger partial charge >= 0.3 is 6.09 Å². The van der Waals surface area contributed by atoms with Gasteiger partial charge in [0.05, 0.1) is 5.88 Å². The number of carbonyl (C=O) groups is 2. The molecule has 1 aliphatic heterocycles. The van der Waals surface area contributed by atoms with Gasteiger partial charge in [0.1, 0.15) is 6.04 Å². The van der Waals surface area contributed by atoms with Gasteiger partial charge in [-0.15, -0.1) is 18.3 Å². The van der Waals surface area contributed by atoms with Crippen LogP contribution in [0.25, 0.3) is 0 Å². The van der Waals surface area contributed by atoms with Crippen molar-refractivity contribution in [2.45, 2.75) is 24.6 Å². The quantitative estimate of drug-likeness (QED) is 0.730. The molecule has 1 atom stereocenters. The first-order valence-electron chi connectivity index (χ1n) is 4.92. The highest BCUT2D eigenvalue weighted by Gasteiger charge is 2.47. The van der Waals surface area contributed by atoms with E-state index >= 15 is 0 Å². The first kappa shape index (κ1) is 12.9. The fourth-order valence-corrected chi connectivity index (χ4v) is 2.78. The topological polar surface area (TPSA) is 69.6 Å². The van der Waals surface area contributed by atoms with Gasteiger partial charge in [-0.25, -0.2) is 4.79 Å². The van der Waals surface area contributed by atoms with Gasteiger partial charge in [0.2, 0.25) is 5.91 Å². The second-order valence-corrected chi connectivity index (χ2v) is 5.66. The van der Waals surface area contributed by atoms with Gasteiger partial charge in [0.15, 0.2) is 0 Å². The van der Waals surface area contributed by atoms with Crippen molar-refractivity contribution in [2.75, 3.05) is 12.4 Å². The number of carbonyl (C=O) groups excluding carboxylic acids is 1. The summed E-state index contributed by atoms with van der Waals surface area (Å²) in [6.45, 7) is 7.60. The Kier molecular flexibility index (Phi) is 3.85. The molecule has 1 rings (SSSR count). The summed E-state index contributed by atoms with van der Waals surface area (Å²) in [6, 6.07) is -0.644. The third kappa shape index (κ3) is 2.49. The maximum absolute atomic E-state index is 11.9. The summed E-state index contributed by atoms with van der Waals surface area (Å²) in [6.07, 6.45) is 0.509. The standard InChI is InChI=1S/C10H16N2O3S/c1-4-5-11-8(13)7-10(2,3)16-6-12(7)9(14)15/h4,7H,1,5-6H2,2-3H3,(H,11,13)(H,14,15)/t7-/m1/s1. The maximum atomic E-state index is 11.9. The van der Waals surface area contributed by atoms with Crippen molar-refractivity contribution in [1.29, 1.82) is 0 Å². The summed E-state index contributed by atoms with van der Waals surface area (Å²) in [5.41, 5.74) is 0. The first-order chi connectivity index (χ1) is 7.40. The van der Waals surface area contributed by atoms with Gasteiger partial charge in [-0.05, 0) is 13.8 Å². The molecule has 1 fully saturated rings. The molecular weight excluding hydrogens is 228 g/mol. The van der Waals surface area contributed by atoms with Gasteiger partial charge < -0.3 is 10.4 Å². The minimum Gasteiger partial charge on any atom is -0.465 e. The van der Waals surface area contributed by atoms with Crippen LogP contribution in [0.15, 0.2) is 12.7 Å². The molecule has 6 heteroatoms. The Bertz CT molecular complexity index is 317. The molecule has 5 nitrogen and oxygen atoms in total. The third-order valence-electron chi connectivity index (χ3n) is 2.46. The third-order valence-corrected chi connectivity index (χ3v) is 3.84. The second-order valence-electron chi connectivity index (χ2n) is 4.07. The van der Waals surface area contributed by atoms with E-state index in [1.54, 1.807) is 6.08 Å².